The Morgan fingerprint density at radius 2 is 1.81 bits per heavy atom. The number of benzene rings is 2. The predicted octanol–water partition coefficient (Wildman–Crippen LogP) is 3.37. The molecule has 2 aromatic carbocycles. The maximum Gasteiger partial charge on any atom is 0.242 e. The summed E-state index contributed by atoms with van der Waals surface area (Å²) in [6.45, 7) is 5.85. The minimum atomic E-state index is 0.101. The molecule has 0 saturated heterocycles. The molecule has 1 aliphatic heterocycles. The lowest BCUT2D eigenvalue weighted by atomic mass is 9.97. The van der Waals surface area contributed by atoms with Crippen LogP contribution in [0.15, 0.2) is 48.5 Å². The normalized spacial score (nSPS) is 13.1. The van der Waals surface area contributed by atoms with Crippen LogP contribution in [0.5, 0.6) is 0 Å². The second-order valence-electron chi connectivity index (χ2n) is 8.67. The third-order valence-electron chi connectivity index (χ3n) is 5.95. The third-order valence-corrected chi connectivity index (χ3v) is 5.95. The van der Waals surface area contributed by atoms with Gasteiger partial charge in [-0.1, -0.05) is 49.4 Å². The first-order chi connectivity index (χ1) is 15.5. The zero-order valence-electron chi connectivity index (χ0n) is 19.6. The zero-order chi connectivity index (χ0) is 22.9. The number of rotatable bonds is 10. The van der Waals surface area contributed by atoms with Gasteiger partial charge in [-0.2, -0.15) is 0 Å². The number of hydrogen-bond donors (Lipinski definition) is 1. The van der Waals surface area contributed by atoms with Gasteiger partial charge in [0.1, 0.15) is 0 Å². The lowest BCUT2D eigenvalue weighted by molar-refractivity contribution is -0.132. The Morgan fingerprint density at radius 1 is 1.03 bits per heavy atom. The van der Waals surface area contributed by atoms with Gasteiger partial charge >= 0.3 is 0 Å². The molecule has 6 nitrogen and oxygen atoms in total. The van der Waals surface area contributed by atoms with Crippen molar-refractivity contribution in [1.29, 1.82) is 0 Å². The van der Waals surface area contributed by atoms with Crippen LogP contribution in [0.25, 0.3) is 0 Å². The number of fused-ring (bicyclic) bond motifs is 1. The molecule has 1 aliphatic rings. The maximum atomic E-state index is 13.1. The molecule has 0 saturated carbocycles. The molecule has 172 valence electrons. The summed E-state index contributed by atoms with van der Waals surface area (Å²) in [6, 6.07) is 16.3. The van der Waals surface area contributed by atoms with E-state index in [1.807, 2.05) is 47.1 Å². The molecule has 2 aromatic rings. The number of nitrogens with one attached hydrogen (secondary N) is 1. The van der Waals surface area contributed by atoms with Crippen molar-refractivity contribution < 1.29 is 9.59 Å². The van der Waals surface area contributed by atoms with Crippen LogP contribution in [0, 0.1) is 0 Å². The van der Waals surface area contributed by atoms with Crippen molar-refractivity contribution in [3.05, 3.63) is 65.2 Å². The quantitative estimate of drug-likeness (QED) is 0.620. The van der Waals surface area contributed by atoms with Crippen molar-refractivity contribution in [3.8, 4) is 0 Å². The highest BCUT2D eigenvalue weighted by atomic mass is 16.2. The monoisotopic (exact) mass is 436 g/mol. The average Bonchev–Trinajstić information content (AvgIpc) is 2.81. The van der Waals surface area contributed by atoms with Gasteiger partial charge in [-0.15, -0.1) is 0 Å². The van der Waals surface area contributed by atoms with E-state index >= 15 is 0 Å². The van der Waals surface area contributed by atoms with Crippen molar-refractivity contribution in [2.75, 3.05) is 45.6 Å². The summed E-state index contributed by atoms with van der Waals surface area (Å²) >= 11 is 0. The van der Waals surface area contributed by atoms with E-state index in [1.54, 1.807) is 0 Å². The van der Waals surface area contributed by atoms with Crippen LogP contribution in [0.4, 0.5) is 5.69 Å². The van der Waals surface area contributed by atoms with E-state index in [4.69, 9.17) is 0 Å². The Hall–Kier alpha value is -2.86. The summed E-state index contributed by atoms with van der Waals surface area (Å²) in [5, 5.41) is 3.39. The van der Waals surface area contributed by atoms with Crippen LogP contribution in [0.2, 0.25) is 0 Å². The number of carbonyl (C=O) groups is 2. The number of anilines is 1. The summed E-state index contributed by atoms with van der Waals surface area (Å²) in [4.78, 5) is 31.2. The first-order valence-corrected chi connectivity index (χ1v) is 11.6. The summed E-state index contributed by atoms with van der Waals surface area (Å²) < 4.78 is 0. The SMILES string of the molecule is CCC(=O)N1CCc2c(cccc2NCC(=O)N(CCCN(C)C)Cc2ccccc2)C1. The van der Waals surface area contributed by atoms with E-state index in [0.717, 1.165) is 43.7 Å². The van der Waals surface area contributed by atoms with Gasteiger partial charge in [-0.05, 0) is 56.2 Å². The molecule has 2 amide bonds. The van der Waals surface area contributed by atoms with Gasteiger partial charge in [0.05, 0.1) is 6.54 Å². The first kappa shape index (κ1) is 23.8. The molecular weight excluding hydrogens is 400 g/mol. The van der Waals surface area contributed by atoms with Gasteiger partial charge < -0.3 is 20.0 Å². The van der Waals surface area contributed by atoms with Crippen molar-refractivity contribution in [3.63, 3.8) is 0 Å². The second-order valence-corrected chi connectivity index (χ2v) is 8.67. The van der Waals surface area contributed by atoms with Gasteiger partial charge in [0.25, 0.3) is 0 Å². The van der Waals surface area contributed by atoms with Crippen LogP contribution >= 0.6 is 0 Å². The lowest BCUT2D eigenvalue weighted by Crippen LogP contribution is -2.38. The van der Waals surface area contributed by atoms with Crippen LogP contribution in [0.1, 0.15) is 36.5 Å². The Balaban J connectivity index is 1.64. The first-order valence-electron chi connectivity index (χ1n) is 11.6. The molecule has 0 aromatic heterocycles. The number of hydrogen-bond acceptors (Lipinski definition) is 4. The van der Waals surface area contributed by atoms with Crippen LogP contribution in [-0.4, -0.2) is 66.8 Å². The number of nitrogens with zero attached hydrogens (tertiary/aromatic N) is 3. The summed E-state index contributed by atoms with van der Waals surface area (Å²) in [6.07, 6.45) is 2.29. The van der Waals surface area contributed by atoms with Gasteiger partial charge in [0.15, 0.2) is 0 Å². The van der Waals surface area contributed by atoms with Gasteiger partial charge in [-0.25, -0.2) is 0 Å². The molecule has 32 heavy (non-hydrogen) atoms. The third kappa shape index (κ3) is 6.57. The number of amides is 2. The predicted molar refractivity (Wildman–Crippen MR) is 129 cm³/mol. The minimum Gasteiger partial charge on any atom is -0.376 e. The van der Waals surface area contributed by atoms with E-state index < -0.39 is 0 Å². The largest absolute Gasteiger partial charge is 0.376 e. The number of carbonyl (C=O) groups excluding carboxylic acids is 2. The van der Waals surface area contributed by atoms with E-state index in [1.165, 1.54) is 11.1 Å². The highest BCUT2D eigenvalue weighted by molar-refractivity contribution is 5.81. The van der Waals surface area contributed by atoms with Crippen LogP contribution in [-0.2, 0) is 29.1 Å². The van der Waals surface area contributed by atoms with Crippen molar-refractivity contribution >= 4 is 17.5 Å². The molecule has 3 rings (SSSR count). The molecule has 6 heteroatoms. The zero-order valence-corrected chi connectivity index (χ0v) is 19.6. The van der Waals surface area contributed by atoms with Crippen molar-refractivity contribution in [2.24, 2.45) is 0 Å². The highest BCUT2D eigenvalue weighted by Crippen LogP contribution is 2.26. The van der Waals surface area contributed by atoms with E-state index in [0.29, 0.717) is 19.5 Å². The molecule has 0 atom stereocenters. The molecule has 0 spiro atoms. The summed E-state index contributed by atoms with van der Waals surface area (Å²) in [5.74, 6) is 0.294. The summed E-state index contributed by atoms with van der Waals surface area (Å²) in [7, 11) is 4.11. The van der Waals surface area contributed by atoms with E-state index in [9.17, 15) is 9.59 Å². The van der Waals surface area contributed by atoms with E-state index in [-0.39, 0.29) is 18.4 Å². The van der Waals surface area contributed by atoms with E-state index in [2.05, 4.69) is 42.5 Å². The fourth-order valence-electron chi connectivity index (χ4n) is 4.17. The molecule has 0 unspecified atom stereocenters. The van der Waals surface area contributed by atoms with Crippen LogP contribution < -0.4 is 5.32 Å². The molecule has 1 heterocycles. The minimum absolute atomic E-state index is 0.101. The highest BCUT2D eigenvalue weighted by Gasteiger charge is 2.22. The lowest BCUT2D eigenvalue weighted by Gasteiger charge is -2.30. The Morgan fingerprint density at radius 3 is 2.53 bits per heavy atom. The van der Waals surface area contributed by atoms with Gasteiger partial charge in [0, 0.05) is 38.3 Å². The molecular formula is C26H36N4O2. The van der Waals surface area contributed by atoms with Crippen molar-refractivity contribution in [1.82, 2.24) is 14.7 Å². The Labute approximate surface area is 192 Å². The summed E-state index contributed by atoms with van der Waals surface area (Å²) in [5.41, 5.74) is 4.54. The van der Waals surface area contributed by atoms with Crippen LogP contribution in [0.3, 0.4) is 0 Å². The smallest absolute Gasteiger partial charge is 0.242 e. The average molecular weight is 437 g/mol. The standard InChI is InChI=1S/C26H36N4O2/c1-4-25(31)30-17-14-23-22(20-30)12-8-13-24(23)27-18-26(32)29(16-9-15-28(2)3)19-21-10-6-5-7-11-21/h5-8,10-13,27H,4,9,14-20H2,1-3H3. The van der Waals surface area contributed by atoms with Crippen molar-refractivity contribution in [2.45, 2.75) is 39.3 Å². The molecule has 0 bridgehead atoms. The maximum absolute atomic E-state index is 13.1. The van der Waals surface area contributed by atoms with Gasteiger partial charge in [0.2, 0.25) is 11.8 Å². The molecule has 0 fully saturated rings. The van der Waals surface area contributed by atoms with Gasteiger partial charge in [-0.3, -0.25) is 9.59 Å². The molecule has 0 aliphatic carbocycles. The Kier molecular flexibility index (Phi) is 8.68. The molecule has 0 radical (unpaired) electrons. The topological polar surface area (TPSA) is 55.9 Å². The second kappa shape index (κ2) is 11.7. The molecule has 1 N–H and O–H groups in total. The fraction of sp³-hybridized carbons (Fsp3) is 0.462. The Bertz CT molecular complexity index is 898. The fourth-order valence-corrected chi connectivity index (χ4v) is 4.17.